The predicted octanol–water partition coefficient (Wildman–Crippen LogP) is 3.85. The van der Waals surface area contributed by atoms with Gasteiger partial charge in [0.15, 0.2) is 0 Å². The van der Waals surface area contributed by atoms with Crippen LogP contribution < -0.4 is 16.0 Å². The molecule has 0 bridgehead atoms. The summed E-state index contributed by atoms with van der Waals surface area (Å²) in [7, 11) is 1.44. The van der Waals surface area contributed by atoms with Crippen LogP contribution >= 0.6 is 12.4 Å². The Morgan fingerprint density at radius 3 is 2.38 bits per heavy atom. The van der Waals surface area contributed by atoms with E-state index in [2.05, 4.69) is 36.7 Å². The zero-order valence-electron chi connectivity index (χ0n) is 24.8. The van der Waals surface area contributed by atoms with Crippen molar-refractivity contribution in [2.24, 2.45) is 5.41 Å². The van der Waals surface area contributed by atoms with Crippen LogP contribution in [-0.2, 0) is 25.5 Å². The van der Waals surface area contributed by atoms with Gasteiger partial charge in [-0.2, -0.15) is 0 Å². The molecule has 2 aromatic rings. The molecule has 1 fully saturated rings. The van der Waals surface area contributed by atoms with Gasteiger partial charge in [0, 0.05) is 20.1 Å². The Morgan fingerprint density at radius 2 is 1.75 bits per heavy atom. The highest BCUT2D eigenvalue weighted by atomic mass is 35.5. The van der Waals surface area contributed by atoms with Crippen molar-refractivity contribution in [3.05, 3.63) is 48.0 Å². The fraction of sp³-hybridized carbons (Fsp3) is 0.581. The standard InChI is InChI=1S/C31H46N4O4.ClH/c1-30(2,3)21-32-16-10-18-34-27(36)26(20-22-14-15-23-11-7-8-12-24(23)19-22)35(29(38)31(4,5)39-6)28(37)25-13-9-17-33-25;/h7-8,11-12,14-15,19,25-26,32-33H,9-10,13,16-18,20-21H2,1-6H3,(H,34,36);1H/t25-,26+;/m0./s1. The molecule has 3 rings (SSSR count). The van der Waals surface area contributed by atoms with Crippen LogP contribution in [0.25, 0.3) is 10.8 Å². The van der Waals surface area contributed by atoms with Gasteiger partial charge in [-0.15, -0.1) is 12.4 Å². The number of carbonyl (C=O) groups excluding carboxylic acids is 3. The summed E-state index contributed by atoms with van der Waals surface area (Å²) in [4.78, 5) is 42.5. The van der Waals surface area contributed by atoms with E-state index in [1.54, 1.807) is 13.8 Å². The number of ether oxygens (including phenoxy) is 1. The molecule has 3 N–H and O–H groups in total. The molecule has 2 atom stereocenters. The second-order valence-corrected chi connectivity index (χ2v) is 12.2. The van der Waals surface area contributed by atoms with E-state index in [1.807, 2.05) is 42.5 Å². The molecular weight excluding hydrogens is 528 g/mol. The summed E-state index contributed by atoms with van der Waals surface area (Å²) in [6.45, 7) is 12.5. The smallest absolute Gasteiger partial charge is 0.261 e. The quantitative estimate of drug-likeness (QED) is 0.333. The second kappa shape index (κ2) is 14.9. The van der Waals surface area contributed by atoms with Crippen LogP contribution in [0.5, 0.6) is 0 Å². The summed E-state index contributed by atoms with van der Waals surface area (Å²) in [6, 6.07) is 12.5. The lowest BCUT2D eigenvalue weighted by Crippen LogP contribution is -2.61. The zero-order chi connectivity index (χ0) is 28.6. The minimum atomic E-state index is -1.27. The normalized spacial score (nSPS) is 16.3. The van der Waals surface area contributed by atoms with Gasteiger partial charge in [-0.3, -0.25) is 19.3 Å². The highest BCUT2D eigenvalue weighted by Crippen LogP contribution is 2.23. The predicted molar refractivity (Wildman–Crippen MR) is 163 cm³/mol. The van der Waals surface area contributed by atoms with Crippen molar-refractivity contribution in [2.45, 2.75) is 78.0 Å². The molecule has 0 aliphatic carbocycles. The molecule has 1 aliphatic rings. The summed E-state index contributed by atoms with van der Waals surface area (Å²) in [5, 5.41) is 11.7. The van der Waals surface area contributed by atoms with Crippen molar-refractivity contribution in [3.63, 3.8) is 0 Å². The lowest BCUT2D eigenvalue weighted by Gasteiger charge is -2.36. The van der Waals surface area contributed by atoms with Crippen molar-refractivity contribution in [1.82, 2.24) is 20.9 Å². The number of hydrogen-bond acceptors (Lipinski definition) is 6. The Balaban J connectivity index is 0.00000560. The first-order valence-electron chi connectivity index (χ1n) is 14.0. The Hall–Kier alpha value is -2.52. The monoisotopic (exact) mass is 574 g/mol. The average Bonchev–Trinajstić information content (AvgIpc) is 3.44. The van der Waals surface area contributed by atoms with Crippen LogP contribution in [-0.4, -0.2) is 73.6 Å². The van der Waals surface area contributed by atoms with Crippen molar-refractivity contribution >= 4 is 40.9 Å². The summed E-state index contributed by atoms with van der Waals surface area (Å²) >= 11 is 0. The number of benzene rings is 2. The molecule has 0 unspecified atom stereocenters. The van der Waals surface area contributed by atoms with Gasteiger partial charge in [0.05, 0.1) is 6.04 Å². The third kappa shape index (κ3) is 9.26. The second-order valence-electron chi connectivity index (χ2n) is 12.2. The van der Waals surface area contributed by atoms with Crippen LogP contribution in [0.4, 0.5) is 0 Å². The van der Waals surface area contributed by atoms with Gasteiger partial charge in [0.2, 0.25) is 11.8 Å². The van der Waals surface area contributed by atoms with Crippen molar-refractivity contribution in [3.8, 4) is 0 Å². The Kier molecular flexibility index (Phi) is 12.6. The minimum absolute atomic E-state index is 0. The molecule has 0 saturated carbocycles. The third-order valence-electron chi connectivity index (χ3n) is 7.18. The van der Waals surface area contributed by atoms with Crippen LogP contribution in [0.3, 0.4) is 0 Å². The van der Waals surface area contributed by atoms with E-state index in [0.29, 0.717) is 19.5 Å². The first-order valence-corrected chi connectivity index (χ1v) is 14.0. The maximum atomic E-state index is 13.8. The number of imide groups is 1. The van der Waals surface area contributed by atoms with E-state index in [9.17, 15) is 14.4 Å². The first kappa shape index (κ1) is 33.7. The van der Waals surface area contributed by atoms with E-state index in [-0.39, 0.29) is 36.1 Å². The van der Waals surface area contributed by atoms with E-state index in [4.69, 9.17) is 4.74 Å². The molecule has 0 aromatic heterocycles. The number of halogens is 1. The lowest BCUT2D eigenvalue weighted by atomic mass is 9.97. The van der Waals surface area contributed by atoms with Gasteiger partial charge in [-0.25, -0.2) is 0 Å². The number of methoxy groups -OCH3 is 1. The minimum Gasteiger partial charge on any atom is -0.369 e. The molecule has 1 aliphatic heterocycles. The Morgan fingerprint density at radius 1 is 1.05 bits per heavy atom. The molecule has 1 heterocycles. The van der Waals surface area contributed by atoms with Crippen LogP contribution in [0, 0.1) is 5.41 Å². The average molecular weight is 575 g/mol. The number of hydrogen-bond donors (Lipinski definition) is 3. The van der Waals surface area contributed by atoms with E-state index in [0.717, 1.165) is 47.2 Å². The summed E-state index contributed by atoms with van der Waals surface area (Å²) in [5.41, 5.74) is -0.217. The largest absolute Gasteiger partial charge is 0.369 e. The first-order chi connectivity index (χ1) is 18.4. The molecule has 1 saturated heterocycles. The number of nitrogens with one attached hydrogen (secondary N) is 3. The topological polar surface area (TPSA) is 99.8 Å². The number of fused-ring (bicyclic) bond motifs is 1. The molecule has 0 radical (unpaired) electrons. The molecule has 222 valence electrons. The summed E-state index contributed by atoms with van der Waals surface area (Å²) < 4.78 is 5.48. The fourth-order valence-electron chi connectivity index (χ4n) is 4.73. The van der Waals surface area contributed by atoms with E-state index in [1.165, 1.54) is 7.11 Å². The Bertz CT molecular complexity index is 1140. The molecule has 3 amide bonds. The van der Waals surface area contributed by atoms with Gasteiger partial charge in [0.25, 0.3) is 5.91 Å². The number of nitrogens with zero attached hydrogens (tertiary/aromatic N) is 1. The lowest BCUT2D eigenvalue weighted by molar-refractivity contribution is -0.164. The van der Waals surface area contributed by atoms with Gasteiger partial charge in [-0.05, 0) is 74.5 Å². The Labute approximate surface area is 245 Å². The van der Waals surface area contributed by atoms with Crippen molar-refractivity contribution < 1.29 is 19.1 Å². The summed E-state index contributed by atoms with van der Waals surface area (Å²) in [5.74, 6) is -1.24. The summed E-state index contributed by atoms with van der Waals surface area (Å²) in [6.07, 6.45) is 2.41. The molecule has 2 aromatic carbocycles. The van der Waals surface area contributed by atoms with Gasteiger partial charge in [-0.1, -0.05) is 63.2 Å². The van der Waals surface area contributed by atoms with Crippen molar-refractivity contribution in [2.75, 3.05) is 33.3 Å². The van der Waals surface area contributed by atoms with E-state index >= 15 is 0 Å². The van der Waals surface area contributed by atoms with E-state index < -0.39 is 23.6 Å². The molecular formula is C31H47ClN4O4. The van der Waals surface area contributed by atoms with Crippen LogP contribution in [0.2, 0.25) is 0 Å². The van der Waals surface area contributed by atoms with Crippen LogP contribution in [0.1, 0.15) is 59.4 Å². The number of rotatable bonds is 12. The maximum Gasteiger partial charge on any atom is 0.261 e. The number of amides is 3. The molecule has 0 spiro atoms. The fourth-order valence-corrected chi connectivity index (χ4v) is 4.73. The third-order valence-corrected chi connectivity index (χ3v) is 7.18. The molecule has 9 heteroatoms. The molecule has 8 nitrogen and oxygen atoms in total. The van der Waals surface area contributed by atoms with Gasteiger partial charge >= 0.3 is 0 Å². The highest BCUT2D eigenvalue weighted by molar-refractivity contribution is 6.05. The molecule has 40 heavy (non-hydrogen) atoms. The zero-order valence-corrected chi connectivity index (χ0v) is 25.7. The van der Waals surface area contributed by atoms with Crippen molar-refractivity contribution in [1.29, 1.82) is 0 Å². The van der Waals surface area contributed by atoms with Crippen LogP contribution in [0.15, 0.2) is 42.5 Å². The van der Waals surface area contributed by atoms with Gasteiger partial charge < -0.3 is 20.7 Å². The van der Waals surface area contributed by atoms with Gasteiger partial charge in [0.1, 0.15) is 11.6 Å². The maximum absolute atomic E-state index is 13.8. The SMILES string of the molecule is COC(C)(C)C(=O)N(C(=O)[C@@H]1CCCN1)[C@H](Cc1ccc2ccccc2c1)C(=O)NCCCNCC(C)(C)C.Cl. The number of carbonyl (C=O) groups is 3. The highest BCUT2D eigenvalue weighted by Gasteiger charge is 2.44.